The summed E-state index contributed by atoms with van der Waals surface area (Å²) in [7, 11) is 0. The largest absolute Gasteiger partial charge is 0.459 e. The number of nitrogens with zero attached hydrogens (tertiary/aromatic N) is 5. The Balaban J connectivity index is 1.82. The monoisotopic (exact) mass is 332 g/mol. The van der Waals surface area contributed by atoms with Gasteiger partial charge in [0.1, 0.15) is 0 Å². The summed E-state index contributed by atoms with van der Waals surface area (Å²) in [6, 6.07) is 0.326. The molecule has 1 aliphatic heterocycles. The van der Waals surface area contributed by atoms with E-state index in [2.05, 4.69) is 33.8 Å². The van der Waals surface area contributed by atoms with Crippen LogP contribution in [0.2, 0.25) is 0 Å². The second-order valence-corrected chi connectivity index (χ2v) is 6.96. The number of piperidine rings is 1. The molecule has 2 aromatic rings. The number of hydrogen-bond donors (Lipinski definition) is 1. The number of ether oxygens (including phenoxy) is 1. The average Bonchev–Trinajstić information content (AvgIpc) is 2.91. The molecule has 0 radical (unpaired) electrons. The Labute approximate surface area is 143 Å². The summed E-state index contributed by atoms with van der Waals surface area (Å²) < 4.78 is 7.60. The summed E-state index contributed by atoms with van der Waals surface area (Å²) >= 11 is 0. The van der Waals surface area contributed by atoms with Crippen LogP contribution in [0.25, 0.3) is 5.65 Å². The fourth-order valence-corrected chi connectivity index (χ4v) is 3.39. The van der Waals surface area contributed by atoms with Crippen molar-refractivity contribution < 1.29 is 4.74 Å². The maximum Gasteiger partial charge on any atom is 0.336 e. The maximum absolute atomic E-state index is 6.05. The molecule has 2 aromatic heterocycles. The number of likely N-dealkylation sites (tertiary alicyclic amines) is 1. The van der Waals surface area contributed by atoms with Crippen LogP contribution in [0.1, 0.15) is 52.1 Å². The number of anilines is 1. The summed E-state index contributed by atoms with van der Waals surface area (Å²) in [5.41, 5.74) is 7.68. The smallest absolute Gasteiger partial charge is 0.336 e. The highest BCUT2D eigenvalue weighted by Gasteiger charge is 2.19. The summed E-state index contributed by atoms with van der Waals surface area (Å²) in [6.07, 6.45) is 6.50. The second-order valence-electron chi connectivity index (χ2n) is 6.96. The van der Waals surface area contributed by atoms with Crippen LogP contribution in [0.5, 0.6) is 6.01 Å². The molecule has 1 saturated heterocycles. The highest BCUT2D eigenvalue weighted by molar-refractivity contribution is 5.59. The van der Waals surface area contributed by atoms with Crippen LogP contribution in [0.15, 0.2) is 6.20 Å². The number of rotatable bonds is 6. The lowest BCUT2D eigenvalue weighted by Crippen LogP contribution is -2.34. The van der Waals surface area contributed by atoms with Crippen LogP contribution in [0, 0.1) is 5.92 Å². The molecule has 3 heterocycles. The number of nitrogen functional groups attached to an aromatic ring is 1. The Bertz CT molecular complexity index is 685. The Morgan fingerprint density at radius 3 is 3.04 bits per heavy atom. The SMILES string of the molecule is CCCC(C)Oc1nc(N)c2ncc(CN3CCCC(C)C3)n2n1. The highest BCUT2D eigenvalue weighted by atomic mass is 16.5. The van der Waals surface area contributed by atoms with E-state index in [1.165, 1.54) is 12.8 Å². The molecule has 2 N–H and O–H groups in total. The molecule has 0 spiro atoms. The topological polar surface area (TPSA) is 81.6 Å². The molecule has 2 atom stereocenters. The van der Waals surface area contributed by atoms with Crippen LogP contribution >= 0.6 is 0 Å². The number of hydrogen-bond acceptors (Lipinski definition) is 6. The third-order valence-corrected chi connectivity index (χ3v) is 4.57. The first-order valence-electron chi connectivity index (χ1n) is 8.96. The van der Waals surface area contributed by atoms with Crippen LogP contribution in [0.3, 0.4) is 0 Å². The van der Waals surface area contributed by atoms with Gasteiger partial charge < -0.3 is 10.5 Å². The molecular weight excluding hydrogens is 304 g/mol. The molecule has 0 amide bonds. The lowest BCUT2D eigenvalue weighted by molar-refractivity contribution is 0.172. The molecule has 7 heteroatoms. The Hall–Kier alpha value is -1.89. The first kappa shape index (κ1) is 17.0. The summed E-state index contributed by atoms with van der Waals surface area (Å²) in [6.45, 7) is 9.52. The van der Waals surface area contributed by atoms with Gasteiger partial charge in [0.25, 0.3) is 0 Å². The Morgan fingerprint density at radius 2 is 2.29 bits per heavy atom. The fraction of sp³-hybridized carbons (Fsp3) is 0.706. The molecule has 0 aromatic carbocycles. The normalized spacial score (nSPS) is 20.4. The molecule has 3 rings (SSSR count). The number of imidazole rings is 1. The van der Waals surface area contributed by atoms with Gasteiger partial charge in [-0.1, -0.05) is 20.3 Å². The lowest BCUT2D eigenvalue weighted by Gasteiger charge is -2.30. The zero-order chi connectivity index (χ0) is 17.1. The Morgan fingerprint density at radius 1 is 1.46 bits per heavy atom. The molecule has 24 heavy (non-hydrogen) atoms. The minimum absolute atomic E-state index is 0.0711. The molecule has 132 valence electrons. The summed E-state index contributed by atoms with van der Waals surface area (Å²) in [4.78, 5) is 11.1. The van der Waals surface area contributed by atoms with Crippen molar-refractivity contribution in [2.75, 3.05) is 18.8 Å². The highest BCUT2D eigenvalue weighted by Crippen LogP contribution is 2.20. The van der Waals surface area contributed by atoms with Gasteiger partial charge in [0.15, 0.2) is 11.5 Å². The molecule has 0 saturated carbocycles. The first-order chi connectivity index (χ1) is 11.6. The fourth-order valence-electron chi connectivity index (χ4n) is 3.39. The minimum Gasteiger partial charge on any atom is -0.459 e. The van der Waals surface area contributed by atoms with E-state index in [1.807, 2.05) is 13.1 Å². The number of fused-ring (bicyclic) bond motifs is 1. The van der Waals surface area contributed by atoms with E-state index < -0.39 is 0 Å². The van der Waals surface area contributed by atoms with Crippen LogP contribution in [-0.2, 0) is 6.54 Å². The third-order valence-electron chi connectivity index (χ3n) is 4.57. The van der Waals surface area contributed by atoms with Crippen molar-refractivity contribution in [2.45, 2.75) is 59.1 Å². The minimum atomic E-state index is 0.0711. The van der Waals surface area contributed by atoms with Crippen molar-refractivity contribution in [1.29, 1.82) is 0 Å². The van der Waals surface area contributed by atoms with E-state index >= 15 is 0 Å². The molecule has 0 aliphatic carbocycles. The van der Waals surface area contributed by atoms with Crippen LogP contribution < -0.4 is 10.5 Å². The van der Waals surface area contributed by atoms with Crippen LogP contribution in [0.4, 0.5) is 5.82 Å². The van der Waals surface area contributed by atoms with E-state index in [-0.39, 0.29) is 6.10 Å². The molecule has 1 fully saturated rings. The molecule has 2 unspecified atom stereocenters. The van der Waals surface area contributed by atoms with Gasteiger partial charge in [-0.2, -0.15) is 4.98 Å². The third kappa shape index (κ3) is 3.77. The summed E-state index contributed by atoms with van der Waals surface area (Å²) in [5, 5.41) is 4.52. The molecule has 7 nitrogen and oxygen atoms in total. The van der Waals surface area contributed by atoms with Crippen molar-refractivity contribution >= 4 is 11.5 Å². The van der Waals surface area contributed by atoms with Gasteiger partial charge in [-0.15, -0.1) is 5.10 Å². The predicted octanol–water partition coefficient (Wildman–Crippen LogP) is 2.51. The van der Waals surface area contributed by atoms with Gasteiger partial charge in [0.2, 0.25) is 0 Å². The van der Waals surface area contributed by atoms with Gasteiger partial charge in [-0.05, 0) is 38.6 Å². The van der Waals surface area contributed by atoms with E-state index in [0.717, 1.165) is 44.1 Å². The molecule has 0 bridgehead atoms. The summed E-state index contributed by atoms with van der Waals surface area (Å²) in [5.74, 6) is 1.10. The zero-order valence-electron chi connectivity index (χ0n) is 14.9. The van der Waals surface area contributed by atoms with Crippen LogP contribution in [-0.4, -0.2) is 43.7 Å². The van der Waals surface area contributed by atoms with Crippen molar-refractivity contribution in [3.05, 3.63) is 11.9 Å². The maximum atomic E-state index is 6.05. The number of nitrogens with two attached hydrogens (primary N) is 1. The lowest BCUT2D eigenvalue weighted by atomic mass is 10.0. The van der Waals surface area contributed by atoms with Gasteiger partial charge in [-0.3, -0.25) is 4.90 Å². The zero-order valence-corrected chi connectivity index (χ0v) is 14.9. The Kier molecular flexibility index (Phi) is 5.18. The average molecular weight is 332 g/mol. The predicted molar refractivity (Wildman–Crippen MR) is 93.9 cm³/mol. The van der Waals surface area contributed by atoms with Crippen molar-refractivity contribution in [1.82, 2.24) is 24.5 Å². The van der Waals surface area contributed by atoms with E-state index in [1.54, 1.807) is 4.52 Å². The first-order valence-corrected chi connectivity index (χ1v) is 8.96. The molecule has 1 aliphatic rings. The number of aromatic nitrogens is 4. The van der Waals surface area contributed by atoms with Crippen molar-refractivity contribution in [3.8, 4) is 6.01 Å². The van der Waals surface area contributed by atoms with Gasteiger partial charge in [0.05, 0.1) is 18.0 Å². The van der Waals surface area contributed by atoms with Gasteiger partial charge in [-0.25, -0.2) is 9.50 Å². The van der Waals surface area contributed by atoms with Gasteiger partial charge in [0, 0.05) is 13.1 Å². The van der Waals surface area contributed by atoms with E-state index in [0.29, 0.717) is 17.5 Å². The quantitative estimate of drug-likeness (QED) is 0.875. The standard InChI is InChI=1S/C17H28N6O/c1-4-6-13(3)24-17-20-15(18)16-19-9-14(23(16)21-17)11-22-8-5-7-12(2)10-22/h9,12-13H,4-8,10-11H2,1-3H3,(H2,18,20,21). The van der Waals surface area contributed by atoms with Crippen molar-refractivity contribution in [3.63, 3.8) is 0 Å². The van der Waals surface area contributed by atoms with Gasteiger partial charge >= 0.3 is 6.01 Å². The van der Waals surface area contributed by atoms with E-state index in [9.17, 15) is 0 Å². The van der Waals surface area contributed by atoms with E-state index in [4.69, 9.17) is 10.5 Å². The second kappa shape index (κ2) is 7.34. The molecular formula is C17H28N6O. The van der Waals surface area contributed by atoms with Crippen molar-refractivity contribution in [2.24, 2.45) is 5.92 Å².